The maximum Gasteiger partial charge on any atom is 0.246 e. The fourth-order valence-corrected chi connectivity index (χ4v) is 2.71. The van der Waals surface area contributed by atoms with E-state index < -0.39 is 0 Å². The quantitative estimate of drug-likeness (QED) is 0.875. The van der Waals surface area contributed by atoms with Gasteiger partial charge in [0.25, 0.3) is 0 Å². The van der Waals surface area contributed by atoms with Crippen molar-refractivity contribution in [3.05, 3.63) is 35.2 Å². The van der Waals surface area contributed by atoms with Crippen molar-refractivity contribution in [2.24, 2.45) is 0 Å². The molecule has 108 valence electrons. The number of fused-ring (bicyclic) bond motifs is 1. The third-order valence-corrected chi connectivity index (χ3v) is 3.85. The number of hydrogen-bond donors (Lipinski definition) is 1. The van der Waals surface area contributed by atoms with Gasteiger partial charge in [0.05, 0.1) is 6.10 Å². The summed E-state index contributed by atoms with van der Waals surface area (Å²) in [5.41, 5.74) is 2.31. The lowest BCUT2D eigenvalue weighted by atomic mass is 10.1. The number of aryl methyl sites for hydroxylation is 1. The van der Waals surface area contributed by atoms with Crippen molar-refractivity contribution in [1.29, 1.82) is 0 Å². The highest BCUT2D eigenvalue weighted by Gasteiger charge is 2.19. The van der Waals surface area contributed by atoms with Gasteiger partial charge in [-0.15, -0.1) is 0 Å². The van der Waals surface area contributed by atoms with Gasteiger partial charge in [-0.25, -0.2) is 0 Å². The monoisotopic (exact) mass is 275 g/mol. The Morgan fingerprint density at radius 3 is 3.00 bits per heavy atom. The second-order valence-electron chi connectivity index (χ2n) is 5.87. The van der Waals surface area contributed by atoms with Crippen LogP contribution < -0.4 is 0 Å². The highest BCUT2D eigenvalue weighted by atomic mass is 16.5. The van der Waals surface area contributed by atoms with E-state index in [0.717, 1.165) is 37.1 Å². The first-order valence-corrected chi connectivity index (χ1v) is 7.32. The van der Waals surface area contributed by atoms with Crippen LogP contribution in [0.25, 0.3) is 0 Å². The van der Waals surface area contributed by atoms with Gasteiger partial charge in [-0.1, -0.05) is 25.4 Å². The van der Waals surface area contributed by atoms with Gasteiger partial charge in [0.2, 0.25) is 5.89 Å². The van der Waals surface area contributed by atoms with E-state index in [-0.39, 0.29) is 12.0 Å². The Morgan fingerprint density at radius 2 is 2.25 bits per heavy atom. The zero-order chi connectivity index (χ0) is 14.1. The third-order valence-electron chi connectivity index (χ3n) is 3.85. The summed E-state index contributed by atoms with van der Waals surface area (Å²) in [5.74, 6) is 1.64. The second kappa shape index (κ2) is 5.40. The van der Waals surface area contributed by atoms with Crippen LogP contribution in [0.15, 0.2) is 16.9 Å². The van der Waals surface area contributed by atoms with Crippen LogP contribution in [0, 0.1) is 0 Å². The first-order valence-electron chi connectivity index (χ1n) is 7.32. The minimum atomic E-state index is -0.331. The zero-order valence-corrected chi connectivity index (χ0v) is 12.0. The van der Waals surface area contributed by atoms with Crippen LogP contribution in [0.2, 0.25) is 0 Å². The molecule has 1 unspecified atom stereocenters. The lowest BCUT2D eigenvalue weighted by Crippen LogP contribution is -1.99. The van der Waals surface area contributed by atoms with Crippen molar-refractivity contribution in [2.75, 3.05) is 0 Å². The number of hydrogen-bond acceptors (Lipinski definition) is 4. The molecule has 2 heterocycles. The molecule has 1 aliphatic rings. The topological polar surface area (TPSA) is 64.1 Å². The van der Waals surface area contributed by atoms with Crippen molar-refractivity contribution >= 4 is 0 Å². The predicted molar refractivity (Wildman–Crippen MR) is 74.4 cm³/mol. The van der Waals surface area contributed by atoms with Crippen LogP contribution in [0.1, 0.15) is 68.0 Å². The third kappa shape index (κ3) is 2.63. The Morgan fingerprint density at radius 1 is 1.40 bits per heavy atom. The number of rotatable bonds is 3. The van der Waals surface area contributed by atoms with E-state index in [1.807, 2.05) is 24.6 Å². The van der Waals surface area contributed by atoms with Crippen molar-refractivity contribution in [3.63, 3.8) is 0 Å². The summed E-state index contributed by atoms with van der Waals surface area (Å²) in [5, 5.41) is 14.1. The number of nitrogens with zero attached hydrogens (tertiary/aromatic N) is 3. The molecule has 2 aromatic rings. The lowest BCUT2D eigenvalue weighted by Gasteiger charge is -2.05. The van der Waals surface area contributed by atoms with Crippen molar-refractivity contribution in [2.45, 2.75) is 58.1 Å². The molecule has 20 heavy (non-hydrogen) atoms. The van der Waals surface area contributed by atoms with Gasteiger partial charge in [-0.3, -0.25) is 0 Å². The molecule has 2 aromatic heterocycles. The van der Waals surface area contributed by atoms with Crippen LogP contribution in [0.5, 0.6) is 0 Å². The Balaban J connectivity index is 1.79. The number of aliphatic hydroxyl groups is 1. The average Bonchev–Trinajstić information content (AvgIpc) is 2.99. The van der Waals surface area contributed by atoms with Gasteiger partial charge in [0.15, 0.2) is 5.82 Å². The molecule has 5 heteroatoms. The molecule has 0 amide bonds. The summed E-state index contributed by atoms with van der Waals surface area (Å²) >= 11 is 0. The Hall–Kier alpha value is -1.62. The van der Waals surface area contributed by atoms with Gasteiger partial charge in [-0.05, 0) is 24.8 Å². The Bertz CT molecular complexity index is 586. The molecule has 1 atom stereocenters. The van der Waals surface area contributed by atoms with E-state index in [4.69, 9.17) is 4.52 Å². The van der Waals surface area contributed by atoms with Gasteiger partial charge in [-0.2, -0.15) is 4.98 Å². The average molecular weight is 275 g/mol. The molecule has 1 aliphatic carbocycles. The molecule has 0 radical (unpaired) electrons. The second-order valence-corrected chi connectivity index (χ2v) is 5.87. The van der Waals surface area contributed by atoms with Gasteiger partial charge >= 0.3 is 0 Å². The standard InChI is InChI=1S/C15H21N3O2/c1-10(2)15-16-14(20-17-15)9-18-7-11-5-3-4-6-13(19)12(11)8-18/h7-8,10,13,19H,3-6,9H2,1-2H3. The highest BCUT2D eigenvalue weighted by molar-refractivity contribution is 5.28. The summed E-state index contributed by atoms with van der Waals surface area (Å²) in [6, 6.07) is 0. The SMILES string of the molecule is CC(C)c1noc(Cn2cc3c(c2)C(O)CCCC3)n1. The summed E-state index contributed by atoms with van der Waals surface area (Å²) in [6.45, 7) is 4.66. The minimum Gasteiger partial charge on any atom is -0.388 e. The number of aromatic nitrogens is 3. The maximum atomic E-state index is 10.1. The van der Waals surface area contributed by atoms with Crippen LogP contribution in [-0.4, -0.2) is 19.8 Å². The van der Waals surface area contributed by atoms with E-state index in [0.29, 0.717) is 12.4 Å². The molecule has 0 spiro atoms. The van der Waals surface area contributed by atoms with Crippen LogP contribution >= 0.6 is 0 Å². The van der Waals surface area contributed by atoms with Crippen molar-refractivity contribution in [3.8, 4) is 0 Å². The maximum absolute atomic E-state index is 10.1. The smallest absolute Gasteiger partial charge is 0.246 e. The summed E-state index contributed by atoms with van der Waals surface area (Å²) < 4.78 is 7.31. The van der Waals surface area contributed by atoms with Crippen molar-refractivity contribution in [1.82, 2.24) is 14.7 Å². The minimum absolute atomic E-state index is 0.274. The molecule has 0 saturated heterocycles. The highest BCUT2D eigenvalue weighted by Crippen LogP contribution is 2.29. The first kappa shape index (κ1) is 13.4. The van der Waals surface area contributed by atoms with E-state index in [2.05, 4.69) is 16.3 Å². The van der Waals surface area contributed by atoms with Gasteiger partial charge in [0, 0.05) is 23.9 Å². The molecular formula is C15H21N3O2. The molecule has 0 aliphatic heterocycles. The van der Waals surface area contributed by atoms with Gasteiger partial charge < -0.3 is 14.2 Å². The fraction of sp³-hybridized carbons (Fsp3) is 0.600. The predicted octanol–water partition coefficient (Wildman–Crippen LogP) is 2.80. The molecule has 1 N–H and O–H groups in total. The summed E-state index contributed by atoms with van der Waals surface area (Å²) in [6.07, 6.45) is 7.93. The Labute approximate surface area is 118 Å². The zero-order valence-electron chi connectivity index (χ0n) is 12.0. The van der Waals surface area contributed by atoms with Crippen LogP contribution in [0.4, 0.5) is 0 Å². The summed E-state index contributed by atoms with van der Waals surface area (Å²) in [4.78, 5) is 4.39. The molecular weight excluding hydrogens is 254 g/mol. The van der Waals surface area contributed by atoms with E-state index in [1.54, 1.807) is 0 Å². The normalized spacial score (nSPS) is 19.1. The molecule has 3 rings (SSSR count). The molecule has 0 bridgehead atoms. The largest absolute Gasteiger partial charge is 0.388 e. The number of aliphatic hydroxyl groups excluding tert-OH is 1. The first-order chi connectivity index (χ1) is 9.63. The molecule has 5 nitrogen and oxygen atoms in total. The van der Waals surface area contributed by atoms with E-state index >= 15 is 0 Å². The summed E-state index contributed by atoms with van der Waals surface area (Å²) in [7, 11) is 0. The Kier molecular flexibility index (Phi) is 3.61. The van der Waals surface area contributed by atoms with E-state index in [9.17, 15) is 5.11 Å². The molecule has 0 aromatic carbocycles. The fourth-order valence-electron chi connectivity index (χ4n) is 2.71. The van der Waals surface area contributed by atoms with Crippen LogP contribution in [-0.2, 0) is 13.0 Å². The van der Waals surface area contributed by atoms with E-state index in [1.165, 1.54) is 5.56 Å². The molecule has 0 fully saturated rings. The lowest BCUT2D eigenvalue weighted by molar-refractivity contribution is 0.166. The van der Waals surface area contributed by atoms with Crippen molar-refractivity contribution < 1.29 is 9.63 Å². The van der Waals surface area contributed by atoms with Crippen LogP contribution in [0.3, 0.4) is 0 Å². The van der Waals surface area contributed by atoms with Gasteiger partial charge in [0.1, 0.15) is 6.54 Å². The molecule has 0 saturated carbocycles.